The van der Waals surface area contributed by atoms with Crippen molar-refractivity contribution >= 4 is 17.7 Å². The molecule has 0 N–H and O–H groups in total. The number of benzene rings is 1. The first-order valence-electron chi connectivity index (χ1n) is 10.2. The van der Waals surface area contributed by atoms with Gasteiger partial charge in [-0.3, -0.25) is 9.59 Å². The van der Waals surface area contributed by atoms with Gasteiger partial charge in [-0.15, -0.1) is 0 Å². The topological polar surface area (TPSA) is 69.7 Å². The normalized spacial score (nSPS) is 28.0. The molecule has 2 fully saturated rings. The molecule has 5 nitrogen and oxygen atoms in total. The maximum Gasteiger partial charge on any atom is 0.338 e. The van der Waals surface area contributed by atoms with Crippen LogP contribution in [0.15, 0.2) is 42.5 Å². The lowest BCUT2D eigenvalue weighted by atomic mass is 9.89. The molecule has 0 amide bonds. The van der Waals surface area contributed by atoms with Crippen molar-refractivity contribution in [2.24, 2.45) is 11.8 Å². The summed E-state index contributed by atoms with van der Waals surface area (Å²) in [5.74, 6) is -1.92. The Labute approximate surface area is 170 Å². The van der Waals surface area contributed by atoms with Gasteiger partial charge in [0.1, 0.15) is 12.2 Å². The van der Waals surface area contributed by atoms with E-state index in [-0.39, 0.29) is 36.8 Å². The van der Waals surface area contributed by atoms with Crippen LogP contribution in [0.5, 0.6) is 0 Å². The number of rotatable bonds is 8. The van der Waals surface area contributed by atoms with E-state index in [0.717, 1.165) is 6.42 Å². The number of halogens is 1. The molecule has 2 aliphatic rings. The molecular weight excluding hydrogens is 375 g/mol. The molecule has 1 unspecified atom stereocenters. The van der Waals surface area contributed by atoms with E-state index < -0.39 is 23.5 Å². The van der Waals surface area contributed by atoms with Crippen LogP contribution in [0.25, 0.3) is 0 Å². The van der Waals surface area contributed by atoms with Gasteiger partial charge in [0.05, 0.1) is 12.0 Å². The maximum absolute atomic E-state index is 14.6. The molecule has 29 heavy (non-hydrogen) atoms. The first kappa shape index (κ1) is 21.2. The Morgan fingerprint density at radius 3 is 2.72 bits per heavy atom. The van der Waals surface area contributed by atoms with Crippen molar-refractivity contribution in [1.82, 2.24) is 0 Å². The first-order valence-corrected chi connectivity index (χ1v) is 10.2. The summed E-state index contributed by atoms with van der Waals surface area (Å²) in [5, 5.41) is 0. The number of ketones is 1. The number of ether oxygens (including phenoxy) is 2. The Hall–Kier alpha value is -2.50. The van der Waals surface area contributed by atoms with Crippen molar-refractivity contribution in [2.45, 2.75) is 63.8 Å². The summed E-state index contributed by atoms with van der Waals surface area (Å²) in [6, 6.07) is 8.62. The van der Waals surface area contributed by atoms with Gasteiger partial charge < -0.3 is 9.47 Å². The summed E-state index contributed by atoms with van der Waals surface area (Å²) in [7, 11) is 0. The van der Waals surface area contributed by atoms with Crippen molar-refractivity contribution in [1.29, 1.82) is 0 Å². The van der Waals surface area contributed by atoms with Crippen molar-refractivity contribution in [3.63, 3.8) is 0 Å². The van der Waals surface area contributed by atoms with Crippen LogP contribution in [-0.2, 0) is 19.1 Å². The van der Waals surface area contributed by atoms with Gasteiger partial charge in [-0.2, -0.15) is 0 Å². The molecule has 0 bridgehead atoms. The molecule has 1 aromatic carbocycles. The largest absolute Gasteiger partial charge is 0.462 e. The van der Waals surface area contributed by atoms with Gasteiger partial charge in [0.15, 0.2) is 11.5 Å². The van der Waals surface area contributed by atoms with Gasteiger partial charge in [0, 0.05) is 18.3 Å². The zero-order valence-electron chi connectivity index (χ0n) is 16.8. The SMILES string of the molecule is CCCCC(C)(F)C(=O)/C=C/[C@@H]1[C@H]2CC(=O)O[C@H]2C[C@H]1OC(=O)c1ccccc1. The number of allylic oxidation sites excluding steroid dienone is 1. The number of carbonyl (C=O) groups excluding carboxylic acids is 3. The van der Waals surface area contributed by atoms with Crippen LogP contribution in [0.3, 0.4) is 0 Å². The fourth-order valence-electron chi connectivity index (χ4n) is 4.07. The number of hydrogen-bond donors (Lipinski definition) is 0. The van der Waals surface area contributed by atoms with E-state index in [9.17, 15) is 18.8 Å². The molecule has 0 spiro atoms. The fourth-order valence-corrected chi connectivity index (χ4v) is 4.07. The summed E-state index contributed by atoms with van der Waals surface area (Å²) in [5.41, 5.74) is -1.50. The summed E-state index contributed by atoms with van der Waals surface area (Å²) >= 11 is 0. The first-order chi connectivity index (χ1) is 13.8. The number of alkyl halides is 1. The highest BCUT2D eigenvalue weighted by Gasteiger charge is 2.51. The van der Waals surface area contributed by atoms with Crippen molar-refractivity contribution in [2.75, 3.05) is 0 Å². The maximum atomic E-state index is 14.6. The highest BCUT2D eigenvalue weighted by molar-refractivity contribution is 5.96. The third-order valence-corrected chi connectivity index (χ3v) is 5.80. The number of carbonyl (C=O) groups is 3. The second-order valence-corrected chi connectivity index (χ2v) is 8.04. The quantitative estimate of drug-likeness (QED) is 0.481. The van der Waals surface area contributed by atoms with E-state index >= 15 is 0 Å². The number of esters is 2. The summed E-state index contributed by atoms with van der Waals surface area (Å²) in [6.07, 6.45) is 4.14. The predicted molar refractivity (Wildman–Crippen MR) is 105 cm³/mol. The van der Waals surface area contributed by atoms with Crippen molar-refractivity contribution in [3.05, 3.63) is 48.0 Å². The zero-order valence-corrected chi connectivity index (χ0v) is 16.8. The lowest BCUT2D eigenvalue weighted by molar-refractivity contribution is -0.141. The summed E-state index contributed by atoms with van der Waals surface area (Å²) in [4.78, 5) is 36.5. The van der Waals surface area contributed by atoms with Gasteiger partial charge in [-0.25, -0.2) is 9.18 Å². The van der Waals surface area contributed by atoms with E-state index in [0.29, 0.717) is 18.4 Å². The highest BCUT2D eigenvalue weighted by Crippen LogP contribution is 2.43. The smallest absolute Gasteiger partial charge is 0.338 e. The lowest BCUT2D eigenvalue weighted by Crippen LogP contribution is -2.29. The van der Waals surface area contributed by atoms with Gasteiger partial charge in [0.2, 0.25) is 0 Å². The van der Waals surface area contributed by atoms with Crippen LogP contribution < -0.4 is 0 Å². The molecular formula is C23H27FO5. The third-order valence-electron chi connectivity index (χ3n) is 5.80. The lowest BCUT2D eigenvalue weighted by Gasteiger charge is -2.21. The van der Waals surface area contributed by atoms with E-state index in [1.807, 2.05) is 6.92 Å². The van der Waals surface area contributed by atoms with E-state index in [4.69, 9.17) is 9.47 Å². The molecule has 3 rings (SSSR count). The van der Waals surface area contributed by atoms with Gasteiger partial charge in [-0.05, 0) is 31.6 Å². The Morgan fingerprint density at radius 2 is 2.03 bits per heavy atom. The second-order valence-electron chi connectivity index (χ2n) is 8.04. The van der Waals surface area contributed by atoms with Crippen LogP contribution in [0, 0.1) is 11.8 Å². The van der Waals surface area contributed by atoms with Gasteiger partial charge >= 0.3 is 11.9 Å². The Bertz CT molecular complexity index is 786. The molecule has 1 aromatic rings. The second kappa shape index (κ2) is 8.89. The molecule has 1 aliphatic carbocycles. The molecule has 156 valence electrons. The fraction of sp³-hybridized carbons (Fsp3) is 0.522. The molecule has 1 heterocycles. The van der Waals surface area contributed by atoms with Crippen molar-refractivity contribution < 1.29 is 28.2 Å². The van der Waals surface area contributed by atoms with Crippen LogP contribution in [0.2, 0.25) is 0 Å². The average Bonchev–Trinajstić information content (AvgIpc) is 3.20. The molecule has 6 heteroatoms. The van der Waals surface area contributed by atoms with E-state index in [1.54, 1.807) is 36.4 Å². The van der Waals surface area contributed by atoms with Crippen molar-refractivity contribution in [3.8, 4) is 0 Å². The Morgan fingerprint density at radius 1 is 1.31 bits per heavy atom. The van der Waals surface area contributed by atoms with E-state index in [2.05, 4.69) is 0 Å². The highest BCUT2D eigenvalue weighted by atomic mass is 19.1. The zero-order chi connectivity index (χ0) is 21.0. The number of unbranched alkanes of at least 4 members (excludes halogenated alkanes) is 1. The van der Waals surface area contributed by atoms with Crippen LogP contribution in [0.1, 0.15) is 56.3 Å². The predicted octanol–water partition coefficient (Wildman–Crippen LogP) is 4.21. The van der Waals surface area contributed by atoms with Gasteiger partial charge in [-0.1, -0.05) is 44.0 Å². The third kappa shape index (κ3) is 4.92. The molecule has 1 saturated carbocycles. The molecule has 1 saturated heterocycles. The number of fused-ring (bicyclic) bond motifs is 1. The molecule has 5 atom stereocenters. The van der Waals surface area contributed by atoms with E-state index in [1.165, 1.54) is 13.0 Å². The van der Waals surface area contributed by atoms with Crippen LogP contribution in [-0.4, -0.2) is 35.6 Å². The summed E-state index contributed by atoms with van der Waals surface area (Å²) < 4.78 is 25.7. The van der Waals surface area contributed by atoms with Crippen LogP contribution in [0.4, 0.5) is 4.39 Å². The minimum Gasteiger partial charge on any atom is -0.462 e. The number of hydrogen-bond acceptors (Lipinski definition) is 5. The molecule has 0 radical (unpaired) electrons. The Balaban J connectivity index is 1.74. The minimum atomic E-state index is -1.93. The minimum absolute atomic E-state index is 0.164. The Kier molecular flexibility index (Phi) is 6.50. The van der Waals surface area contributed by atoms with Gasteiger partial charge in [0.25, 0.3) is 0 Å². The molecule has 1 aliphatic heterocycles. The standard InChI is InChI=1S/C23H27FO5/c1-3-4-12-23(2,24)20(25)11-10-16-17-13-21(26)28-19(17)14-18(16)29-22(27)15-8-6-5-7-9-15/h5-11,16-19H,3-4,12-14H2,1-2H3/b11-10+/t16-,17-,18-,19+,23?/m1/s1. The summed E-state index contributed by atoms with van der Waals surface area (Å²) in [6.45, 7) is 3.24. The van der Waals surface area contributed by atoms with Crippen LogP contribution >= 0.6 is 0 Å². The monoisotopic (exact) mass is 402 g/mol. The average molecular weight is 402 g/mol. The molecule has 0 aromatic heterocycles.